The number of benzene rings is 2. The number of aromatic nitrogens is 2. The van der Waals surface area contributed by atoms with Crippen molar-refractivity contribution in [2.75, 3.05) is 5.73 Å². The number of nitrogens with two attached hydrogens (primary N) is 1. The number of rotatable bonds is 4. The molecule has 0 amide bonds. The van der Waals surface area contributed by atoms with Gasteiger partial charge in [-0.15, -0.1) is 0 Å². The summed E-state index contributed by atoms with van der Waals surface area (Å²) in [5, 5.41) is 3.51. The molecule has 0 unspecified atom stereocenters. The van der Waals surface area contributed by atoms with E-state index in [1.54, 1.807) is 12.1 Å². The normalized spacial score (nSPS) is 11.5. The molecule has 0 aliphatic rings. The number of hydrogen-bond donors (Lipinski definition) is 1. The zero-order valence-corrected chi connectivity index (χ0v) is 13.4. The minimum atomic E-state index is -4.53. The molecule has 0 saturated carbocycles. The minimum absolute atomic E-state index is 0.0173. The van der Waals surface area contributed by atoms with E-state index in [0.29, 0.717) is 17.9 Å². The highest BCUT2D eigenvalue weighted by molar-refractivity contribution is 5.72. The molecule has 130 valence electrons. The molecule has 0 spiro atoms. The Balaban J connectivity index is 1.85. The molecule has 0 atom stereocenters. The molecule has 3 rings (SSSR count). The van der Waals surface area contributed by atoms with Gasteiger partial charge in [0.1, 0.15) is 12.4 Å². The number of halogens is 3. The van der Waals surface area contributed by atoms with Gasteiger partial charge in [-0.1, -0.05) is 36.4 Å². The van der Waals surface area contributed by atoms with E-state index in [-0.39, 0.29) is 11.3 Å². The topological polar surface area (TPSA) is 53.1 Å². The summed E-state index contributed by atoms with van der Waals surface area (Å²) < 4.78 is 46.1. The van der Waals surface area contributed by atoms with E-state index in [9.17, 15) is 13.2 Å². The van der Waals surface area contributed by atoms with Crippen LogP contribution in [-0.4, -0.2) is 9.78 Å². The maximum atomic E-state index is 13.1. The first-order valence-electron chi connectivity index (χ1n) is 7.52. The van der Waals surface area contributed by atoms with Gasteiger partial charge in [0.25, 0.3) is 0 Å². The van der Waals surface area contributed by atoms with Crippen LogP contribution in [0.1, 0.15) is 11.3 Å². The van der Waals surface area contributed by atoms with Gasteiger partial charge >= 0.3 is 6.18 Å². The summed E-state index contributed by atoms with van der Waals surface area (Å²) in [6, 6.07) is 14.1. The van der Waals surface area contributed by atoms with Crippen molar-refractivity contribution >= 4 is 5.69 Å². The maximum Gasteiger partial charge on any atom is 0.435 e. The highest BCUT2D eigenvalue weighted by Gasteiger charge is 2.37. The Hall–Kier alpha value is -2.96. The van der Waals surface area contributed by atoms with Crippen LogP contribution in [0.25, 0.3) is 11.1 Å². The number of aryl methyl sites for hydroxylation is 1. The first-order chi connectivity index (χ1) is 11.8. The van der Waals surface area contributed by atoms with Crippen LogP contribution in [0.3, 0.4) is 0 Å². The monoisotopic (exact) mass is 347 g/mol. The van der Waals surface area contributed by atoms with Crippen molar-refractivity contribution in [1.82, 2.24) is 9.78 Å². The van der Waals surface area contributed by atoms with Crippen LogP contribution in [0, 0.1) is 0 Å². The molecule has 0 radical (unpaired) electrons. The summed E-state index contributed by atoms with van der Waals surface area (Å²) in [5.74, 6) is 0.421. The Morgan fingerprint density at radius 2 is 1.84 bits per heavy atom. The number of ether oxygens (including phenoxy) is 1. The molecule has 0 aliphatic carbocycles. The van der Waals surface area contributed by atoms with Gasteiger partial charge in [-0.3, -0.25) is 4.68 Å². The van der Waals surface area contributed by atoms with E-state index in [4.69, 9.17) is 10.5 Å². The van der Waals surface area contributed by atoms with E-state index in [1.807, 2.05) is 30.3 Å². The van der Waals surface area contributed by atoms with Gasteiger partial charge in [0.15, 0.2) is 5.69 Å². The van der Waals surface area contributed by atoms with Crippen molar-refractivity contribution in [3.8, 4) is 16.9 Å². The third-order valence-corrected chi connectivity index (χ3v) is 3.66. The maximum absolute atomic E-state index is 13.1. The lowest BCUT2D eigenvalue weighted by molar-refractivity contribution is -0.140. The Kier molecular flexibility index (Phi) is 4.39. The average molecular weight is 347 g/mol. The van der Waals surface area contributed by atoms with Gasteiger partial charge in [0.2, 0.25) is 0 Å². The first kappa shape index (κ1) is 16.9. The summed E-state index contributed by atoms with van der Waals surface area (Å²) in [6.45, 7) is 0.324. The van der Waals surface area contributed by atoms with Gasteiger partial charge in [-0.2, -0.15) is 18.3 Å². The third-order valence-electron chi connectivity index (χ3n) is 3.66. The van der Waals surface area contributed by atoms with Crippen LogP contribution in [0.15, 0.2) is 54.7 Å². The number of hydrogen-bond acceptors (Lipinski definition) is 3. The fourth-order valence-corrected chi connectivity index (χ4v) is 2.49. The second kappa shape index (κ2) is 6.51. The lowest BCUT2D eigenvalue weighted by atomic mass is 10.1. The second-order valence-corrected chi connectivity index (χ2v) is 5.59. The van der Waals surface area contributed by atoms with E-state index in [0.717, 1.165) is 10.2 Å². The zero-order chi connectivity index (χ0) is 18.0. The Bertz CT molecular complexity index is 873. The molecule has 0 bridgehead atoms. The molecule has 2 N–H and O–H groups in total. The molecule has 1 heterocycles. The van der Waals surface area contributed by atoms with Crippen molar-refractivity contribution in [2.45, 2.75) is 12.8 Å². The van der Waals surface area contributed by atoms with E-state index in [2.05, 4.69) is 5.10 Å². The highest BCUT2D eigenvalue weighted by atomic mass is 19.4. The smallest absolute Gasteiger partial charge is 0.435 e. The standard InChI is InChI=1S/C18H16F3N3O/c1-24-10-14(17(23-24)18(19,20)21)13-7-8-16(15(22)9-13)25-11-12-5-3-2-4-6-12/h2-10H,11,22H2,1H3. The van der Waals surface area contributed by atoms with Crippen molar-refractivity contribution in [1.29, 1.82) is 0 Å². The van der Waals surface area contributed by atoms with E-state index in [1.165, 1.54) is 19.3 Å². The molecule has 4 nitrogen and oxygen atoms in total. The van der Waals surface area contributed by atoms with Crippen LogP contribution in [0.2, 0.25) is 0 Å². The summed E-state index contributed by atoms with van der Waals surface area (Å²) in [6.07, 6.45) is -3.21. The van der Waals surface area contributed by atoms with Gasteiger partial charge in [0, 0.05) is 18.8 Å². The molecule has 2 aromatic carbocycles. The van der Waals surface area contributed by atoms with Gasteiger partial charge < -0.3 is 10.5 Å². The molecular weight excluding hydrogens is 331 g/mol. The Labute approximate surface area is 142 Å². The minimum Gasteiger partial charge on any atom is -0.487 e. The van der Waals surface area contributed by atoms with Gasteiger partial charge in [-0.05, 0) is 23.3 Å². The van der Waals surface area contributed by atoms with Crippen LogP contribution in [-0.2, 0) is 19.8 Å². The van der Waals surface area contributed by atoms with Crippen LogP contribution in [0.5, 0.6) is 5.75 Å². The van der Waals surface area contributed by atoms with Crippen molar-refractivity contribution in [3.63, 3.8) is 0 Å². The molecule has 1 aromatic heterocycles. The quantitative estimate of drug-likeness (QED) is 0.717. The van der Waals surface area contributed by atoms with Crippen molar-refractivity contribution < 1.29 is 17.9 Å². The van der Waals surface area contributed by atoms with E-state index >= 15 is 0 Å². The summed E-state index contributed by atoms with van der Waals surface area (Å²) in [7, 11) is 1.44. The third kappa shape index (κ3) is 3.76. The number of nitrogen functional groups attached to an aromatic ring is 1. The van der Waals surface area contributed by atoms with E-state index < -0.39 is 11.9 Å². The Morgan fingerprint density at radius 1 is 1.12 bits per heavy atom. The molecule has 0 fully saturated rings. The lowest BCUT2D eigenvalue weighted by Gasteiger charge is -2.11. The molecular formula is C18H16F3N3O. The molecule has 3 aromatic rings. The summed E-state index contributed by atoms with van der Waals surface area (Å²) >= 11 is 0. The predicted octanol–water partition coefficient (Wildman–Crippen LogP) is 4.27. The predicted molar refractivity (Wildman–Crippen MR) is 88.8 cm³/mol. The number of nitrogens with zero attached hydrogens (tertiary/aromatic N) is 2. The number of anilines is 1. The fraction of sp³-hybridized carbons (Fsp3) is 0.167. The van der Waals surface area contributed by atoms with Crippen molar-refractivity contribution in [2.24, 2.45) is 7.05 Å². The summed E-state index contributed by atoms with van der Waals surface area (Å²) in [4.78, 5) is 0. The van der Waals surface area contributed by atoms with Crippen LogP contribution in [0.4, 0.5) is 18.9 Å². The van der Waals surface area contributed by atoms with Gasteiger partial charge in [0.05, 0.1) is 5.69 Å². The summed E-state index contributed by atoms with van der Waals surface area (Å²) in [5.41, 5.74) is 6.58. The molecule has 25 heavy (non-hydrogen) atoms. The molecule has 7 heteroatoms. The zero-order valence-electron chi connectivity index (χ0n) is 13.4. The fourth-order valence-electron chi connectivity index (χ4n) is 2.49. The largest absolute Gasteiger partial charge is 0.487 e. The van der Waals surface area contributed by atoms with Gasteiger partial charge in [-0.25, -0.2) is 0 Å². The SMILES string of the molecule is Cn1cc(-c2ccc(OCc3ccccc3)c(N)c2)c(C(F)(F)F)n1. The first-order valence-corrected chi connectivity index (χ1v) is 7.52. The van der Waals surface area contributed by atoms with Crippen LogP contribution < -0.4 is 10.5 Å². The van der Waals surface area contributed by atoms with Crippen LogP contribution >= 0.6 is 0 Å². The Morgan fingerprint density at radius 3 is 2.48 bits per heavy atom. The lowest BCUT2D eigenvalue weighted by Crippen LogP contribution is -2.08. The molecule has 0 aliphatic heterocycles. The van der Waals surface area contributed by atoms with Crippen molar-refractivity contribution in [3.05, 3.63) is 66.0 Å². The molecule has 0 saturated heterocycles. The highest BCUT2D eigenvalue weighted by Crippen LogP contribution is 2.37. The second-order valence-electron chi connectivity index (χ2n) is 5.59. The average Bonchev–Trinajstić information content (AvgIpc) is 2.97. The number of alkyl halides is 3.